The minimum absolute atomic E-state index is 0.447. The van der Waals surface area contributed by atoms with Gasteiger partial charge in [-0.15, -0.1) is 0 Å². The Morgan fingerprint density at radius 3 is 2.82 bits per heavy atom. The van der Waals surface area contributed by atoms with E-state index in [2.05, 4.69) is 35.1 Å². The molecule has 1 heterocycles. The summed E-state index contributed by atoms with van der Waals surface area (Å²) in [6, 6.07) is 2.52. The molecule has 0 aromatic carbocycles. The molecule has 1 aromatic rings. The van der Waals surface area contributed by atoms with Crippen molar-refractivity contribution in [2.45, 2.75) is 26.4 Å². The van der Waals surface area contributed by atoms with Crippen LogP contribution >= 0.6 is 0 Å². The summed E-state index contributed by atoms with van der Waals surface area (Å²) in [5.41, 5.74) is 2.46. The lowest BCUT2D eigenvalue weighted by Crippen LogP contribution is -2.34. The highest BCUT2D eigenvalue weighted by molar-refractivity contribution is 5.52. The van der Waals surface area contributed by atoms with Crippen molar-refractivity contribution in [2.75, 3.05) is 32.2 Å². The lowest BCUT2D eigenvalue weighted by molar-refractivity contribution is 0.204. The van der Waals surface area contributed by atoms with Gasteiger partial charge < -0.3 is 15.0 Å². The maximum Gasteiger partial charge on any atom is 0.0637 e. The van der Waals surface area contributed by atoms with Crippen LogP contribution in [0.1, 0.15) is 19.4 Å². The van der Waals surface area contributed by atoms with E-state index in [0.717, 1.165) is 19.7 Å². The van der Waals surface area contributed by atoms with Crippen LogP contribution in [0, 0.1) is 0 Å². The van der Waals surface area contributed by atoms with Gasteiger partial charge in [0, 0.05) is 49.9 Å². The van der Waals surface area contributed by atoms with Crippen LogP contribution in [0.15, 0.2) is 18.5 Å². The van der Waals surface area contributed by atoms with Gasteiger partial charge in [-0.1, -0.05) is 0 Å². The number of rotatable bonds is 7. The van der Waals surface area contributed by atoms with Gasteiger partial charge in [0.2, 0.25) is 0 Å². The van der Waals surface area contributed by atoms with E-state index in [1.807, 2.05) is 19.4 Å². The topological polar surface area (TPSA) is 37.4 Å². The smallest absolute Gasteiger partial charge is 0.0637 e. The number of ether oxygens (including phenoxy) is 1. The Kier molecular flexibility index (Phi) is 5.94. The fraction of sp³-hybridized carbons (Fsp3) is 0.615. The Bertz CT molecular complexity index is 328. The maximum absolute atomic E-state index is 5.17. The summed E-state index contributed by atoms with van der Waals surface area (Å²) < 4.78 is 5.17. The Labute approximate surface area is 104 Å². The summed E-state index contributed by atoms with van der Waals surface area (Å²) in [4.78, 5) is 6.53. The number of hydrogen-bond acceptors (Lipinski definition) is 4. The van der Waals surface area contributed by atoms with Gasteiger partial charge in [-0.2, -0.15) is 0 Å². The van der Waals surface area contributed by atoms with Gasteiger partial charge in [0.05, 0.1) is 6.61 Å². The molecule has 1 aromatic heterocycles. The molecule has 0 spiro atoms. The number of pyridine rings is 1. The molecule has 0 radical (unpaired) electrons. The van der Waals surface area contributed by atoms with Crippen molar-refractivity contribution >= 4 is 5.69 Å². The SMILES string of the molecule is CNCc1cnccc1N(CCOC)C(C)C. The first-order valence-corrected chi connectivity index (χ1v) is 6.03. The van der Waals surface area contributed by atoms with Crippen molar-refractivity contribution in [1.29, 1.82) is 0 Å². The second kappa shape index (κ2) is 7.25. The van der Waals surface area contributed by atoms with E-state index >= 15 is 0 Å². The van der Waals surface area contributed by atoms with E-state index in [0.29, 0.717) is 6.04 Å². The van der Waals surface area contributed by atoms with Crippen LogP contribution in [-0.4, -0.2) is 38.3 Å². The molecular weight excluding hydrogens is 214 g/mol. The molecule has 0 bridgehead atoms. The first kappa shape index (κ1) is 13.9. The summed E-state index contributed by atoms with van der Waals surface area (Å²) in [5, 5.41) is 3.18. The van der Waals surface area contributed by atoms with Gasteiger partial charge in [-0.05, 0) is 27.0 Å². The van der Waals surface area contributed by atoms with Crippen molar-refractivity contribution in [3.05, 3.63) is 24.0 Å². The minimum atomic E-state index is 0.447. The minimum Gasteiger partial charge on any atom is -0.383 e. The van der Waals surface area contributed by atoms with E-state index in [1.165, 1.54) is 11.3 Å². The third-order valence-corrected chi connectivity index (χ3v) is 2.71. The average Bonchev–Trinajstić information content (AvgIpc) is 2.31. The fourth-order valence-electron chi connectivity index (χ4n) is 1.87. The van der Waals surface area contributed by atoms with Gasteiger partial charge in [-0.3, -0.25) is 4.98 Å². The molecule has 17 heavy (non-hydrogen) atoms. The van der Waals surface area contributed by atoms with Crippen molar-refractivity contribution in [3.8, 4) is 0 Å². The Hall–Kier alpha value is -1.13. The lowest BCUT2D eigenvalue weighted by Gasteiger charge is -2.30. The number of anilines is 1. The third kappa shape index (κ3) is 3.98. The number of hydrogen-bond donors (Lipinski definition) is 1. The molecule has 0 aliphatic heterocycles. The predicted molar refractivity (Wildman–Crippen MR) is 71.4 cm³/mol. The van der Waals surface area contributed by atoms with Gasteiger partial charge in [0.1, 0.15) is 0 Å². The van der Waals surface area contributed by atoms with Gasteiger partial charge >= 0.3 is 0 Å². The van der Waals surface area contributed by atoms with Crippen LogP contribution in [0.2, 0.25) is 0 Å². The zero-order valence-electron chi connectivity index (χ0n) is 11.2. The number of aromatic nitrogens is 1. The quantitative estimate of drug-likeness (QED) is 0.782. The zero-order chi connectivity index (χ0) is 12.7. The molecule has 0 fully saturated rings. The molecule has 0 saturated carbocycles. The maximum atomic E-state index is 5.17. The summed E-state index contributed by atoms with van der Waals surface area (Å²) in [6.07, 6.45) is 3.77. The molecule has 0 amide bonds. The number of methoxy groups -OCH3 is 1. The normalized spacial score (nSPS) is 10.9. The van der Waals surface area contributed by atoms with Crippen LogP contribution in [0.4, 0.5) is 5.69 Å². The molecule has 1 N–H and O–H groups in total. The molecule has 0 unspecified atom stereocenters. The molecule has 96 valence electrons. The van der Waals surface area contributed by atoms with Gasteiger partial charge in [0.25, 0.3) is 0 Å². The molecule has 1 rings (SSSR count). The lowest BCUT2D eigenvalue weighted by atomic mass is 10.1. The highest BCUT2D eigenvalue weighted by atomic mass is 16.5. The van der Waals surface area contributed by atoms with Crippen LogP contribution in [0.25, 0.3) is 0 Å². The standard InChI is InChI=1S/C13H23N3O/c1-11(2)16(7-8-17-4)13-5-6-15-10-12(13)9-14-3/h5-6,10-11,14H,7-9H2,1-4H3. The first-order valence-electron chi connectivity index (χ1n) is 6.03. The average molecular weight is 237 g/mol. The van der Waals surface area contributed by atoms with Crippen LogP contribution in [-0.2, 0) is 11.3 Å². The van der Waals surface area contributed by atoms with Gasteiger partial charge in [0.15, 0.2) is 0 Å². The molecule has 0 atom stereocenters. The Morgan fingerprint density at radius 1 is 1.47 bits per heavy atom. The zero-order valence-corrected chi connectivity index (χ0v) is 11.2. The van der Waals surface area contributed by atoms with Crippen LogP contribution in [0.5, 0.6) is 0 Å². The molecule has 4 nitrogen and oxygen atoms in total. The second-order valence-corrected chi connectivity index (χ2v) is 4.31. The summed E-state index contributed by atoms with van der Waals surface area (Å²) in [7, 11) is 3.69. The predicted octanol–water partition coefficient (Wildman–Crippen LogP) is 1.66. The number of nitrogens with one attached hydrogen (secondary N) is 1. The van der Waals surface area contributed by atoms with Crippen LogP contribution < -0.4 is 10.2 Å². The van der Waals surface area contributed by atoms with Gasteiger partial charge in [-0.25, -0.2) is 0 Å². The molecule has 4 heteroatoms. The number of nitrogens with zero attached hydrogens (tertiary/aromatic N) is 2. The monoisotopic (exact) mass is 237 g/mol. The fourth-order valence-corrected chi connectivity index (χ4v) is 1.87. The highest BCUT2D eigenvalue weighted by Crippen LogP contribution is 2.21. The molecule has 0 aliphatic carbocycles. The Morgan fingerprint density at radius 2 is 2.24 bits per heavy atom. The second-order valence-electron chi connectivity index (χ2n) is 4.31. The summed E-state index contributed by atoms with van der Waals surface area (Å²) in [5.74, 6) is 0. The summed E-state index contributed by atoms with van der Waals surface area (Å²) >= 11 is 0. The van der Waals surface area contributed by atoms with E-state index in [-0.39, 0.29) is 0 Å². The van der Waals surface area contributed by atoms with Crippen molar-refractivity contribution < 1.29 is 4.74 Å². The van der Waals surface area contributed by atoms with E-state index in [1.54, 1.807) is 7.11 Å². The third-order valence-electron chi connectivity index (χ3n) is 2.71. The first-order chi connectivity index (χ1) is 8.20. The summed E-state index contributed by atoms with van der Waals surface area (Å²) in [6.45, 7) is 6.85. The molecule has 0 aliphatic rings. The van der Waals surface area contributed by atoms with E-state index in [4.69, 9.17) is 4.74 Å². The van der Waals surface area contributed by atoms with Crippen molar-refractivity contribution in [1.82, 2.24) is 10.3 Å². The van der Waals surface area contributed by atoms with E-state index < -0.39 is 0 Å². The van der Waals surface area contributed by atoms with Crippen LogP contribution in [0.3, 0.4) is 0 Å². The Balaban J connectivity index is 2.91. The largest absolute Gasteiger partial charge is 0.383 e. The van der Waals surface area contributed by atoms with Crippen molar-refractivity contribution in [3.63, 3.8) is 0 Å². The highest BCUT2D eigenvalue weighted by Gasteiger charge is 2.13. The van der Waals surface area contributed by atoms with E-state index in [9.17, 15) is 0 Å². The van der Waals surface area contributed by atoms with Crippen molar-refractivity contribution in [2.24, 2.45) is 0 Å². The molecular formula is C13H23N3O. The molecule has 0 saturated heterocycles.